The highest BCUT2D eigenvalue weighted by atomic mass is 35.5. The van der Waals surface area contributed by atoms with E-state index in [0.717, 1.165) is 6.07 Å². The summed E-state index contributed by atoms with van der Waals surface area (Å²) in [6.45, 7) is 3.99. The predicted octanol–water partition coefficient (Wildman–Crippen LogP) is 3.38. The van der Waals surface area contributed by atoms with Crippen LogP contribution < -0.4 is 5.32 Å². The molecule has 1 aromatic carbocycles. The Bertz CT molecular complexity index is 647. The zero-order valence-electron chi connectivity index (χ0n) is 11.5. The molecule has 21 heavy (non-hydrogen) atoms. The van der Waals surface area contributed by atoms with Gasteiger partial charge in [0.1, 0.15) is 12.1 Å². The minimum atomic E-state index is -0.564. The van der Waals surface area contributed by atoms with Crippen LogP contribution >= 0.6 is 23.4 Å². The maximum Gasteiger partial charge on any atom is 0.234 e. The van der Waals surface area contributed by atoms with Crippen molar-refractivity contribution in [2.45, 2.75) is 25.0 Å². The van der Waals surface area contributed by atoms with Crippen LogP contribution in [0.2, 0.25) is 5.02 Å². The van der Waals surface area contributed by atoms with Gasteiger partial charge in [-0.1, -0.05) is 23.4 Å². The van der Waals surface area contributed by atoms with Crippen LogP contribution in [0, 0.1) is 5.82 Å². The van der Waals surface area contributed by atoms with Crippen molar-refractivity contribution in [3.63, 3.8) is 0 Å². The lowest BCUT2D eigenvalue weighted by atomic mass is 10.3. The molecule has 1 heterocycles. The van der Waals surface area contributed by atoms with Crippen LogP contribution in [0.25, 0.3) is 0 Å². The topological polar surface area (TPSA) is 59.8 Å². The van der Waals surface area contributed by atoms with Gasteiger partial charge in [-0.15, -0.1) is 10.2 Å². The third kappa shape index (κ3) is 4.18. The van der Waals surface area contributed by atoms with E-state index in [1.54, 1.807) is 6.33 Å². The van der Waals surface area contributed by atoms with Crippen LogP contribution in [0.3, 0.4) is 0 Å². The Hall–Kier alpha value is -1.60. The van der Waals surface area contributed by atoms with Gasteiger partial charge in [0.15, 0.2) is 5.16 Å². The molecule has 1 N–H and O–H groups in total. The fourth-order valence-corrected chi connectivity index (χ4v) is 2.60. The molecule has 0 aliphatic carbocycles. The van der Waals surface area contributed by atoms with E-state index in [2.05, 4.69) is 15.5 Å². The summed E-state index contributed by atoms with van der Waals surface area (Å²) in [5, 5.41) is 11.2. The maximum atomic E-state index is 13.6. The van der Waals surface area contributed by atoms with E-state index in [9.17, 15) is 9.18 Å². The van der Waals surface area contributed by atoms with E-state index >= 15 is 0 Å². The molecule has 2 aromatic rings. The highest BCUT2D eigenvalue weighted by Gasteiger charge is 2.12. The smallest absolute Gasteiger partial charge is 0.234 e. The molecule has 112 valence electrons. The summed E-state index contributed by atoms with van der Waals surface area (Å²) in [7, 11) is 0. The van der Waals surface area contributed by atoms with Crippen molar-refractivity contribution in [3.05, 3.63) is 35.4 Å². The number of carbonyl (C=O) groups excluding carboxylic acids is 1. The summed E-state index contributed by atoms with van der Waals surface area (Å²) in [5.74, 6) is -0.765. The largest absolute Gasteiger partial charge is 0.323 e. The van der Waals surface area contributed by atoms with Gasteiger partial charge >= 0.3 is 0 Å². The van der Waals surface area contributed by atoms with Crippen molar-refractivity contribution in [3.8, 4) is 0 Å². The number of thioether (sulfide) groups is 1. The van der Waals surface area contributed by atoms with Crippen LogP contribution in [0.15, 0.2) is 29.7 Å². The molecule has 0 bridgehead atoms. The third-order valence-corrected chi connectivity index (χ3v) is 3.83. The lowest BCUT2D eigenvalue weighted by Gasteiger charge is -2.09. The molecule has 0 atom stereocenters. The van der Waals surface area contributed by atoms with E-state index < -0.39 is 5.82 Å². The molecule has 0 saturated heterocycles. The number of anilines is 1. The van der Waals surface area contributed by atoms with Gasteiger partial charge in [0, 0.05) is 11.1 Å². The van der Waals surface area contributed by atoms with Crippen molar-refractivity contribution < 1.29 is 9.18 Å². The zero-order valence-corrected chi connectivity index (χ0v) is 13.1. The molecule has 1 aromatic heterocycles. The Labute approximate surface area is 130 Å². The van der Waals surface area contributed by atoms with E-state index in [-0.39, 0.29) is 28.4 Å². The number of benzene rings is 1. The minimum absolute atomic E-state index is 0.107. The molecule has 0 radical (unpaired) electrons. The fourth-order valence-electron chi connectivity index (χ4n) is 1.60. The number of hydrogen-bond acceptors (Lipinski definition) is 4. The summed E-state index contributed by atoms with van der Waals surface area (Å²) in [5.41, 5.74) is 0.107. The lowest BCUT2D eigenvalue weighted by molar-refractivity contribution is -0.113. The Balaban J connectivity index is 1.94. The summed E-state index contributed by atoms with van der Waals surface area (Å²) < 4.78 is 15.4. The van der Waals surface area contributed by atoms with E-state index in [0.29, 0.717) is 5.16 Å². The lowest BCUT2D eigenvalue weighted by Crippen LogP contribution is -2.15. The highest BCUT2D eigenvalue weighted by molar-refractivity contribution is 7.99. The molecule has 0 spiro atoms. The average Bonchev–Trinajstić information content (AvgIpc) is 2.88. The predicted molar refractivity (Wildman–Crippen MR) is 81.2 cm³/mol. The van der Waals surface area contributed by atoms with E-state index in [4.69, 9.17) is 11.6 Å². The van der Waals surface area contributed by atoms with Crippen LogP contribution in [-0.4, -0.2) is 26.4 Å². The molecule has 0 aliphatic heterocycles. The number of aromatic nitrogens is 3. The van der Waals surface area contributed by atoms with Gasteiger partial charge < -0.3 is 9.88 Å². The number of rotatable bonds is 5. The SMILES string of the molecule is CC(C)n1cnnc1SCC(=O)Nc1ccc(Cl)cc1F. The van der Waals surface area contributed by atoms with Crippen LogP contribution in [0.1, 0.15) is 19.9 Å². The van der Waals surface area contributed by atoms with Crippen molar-refractivity contribution >= 4 is 35.0 Å². The standard InChI is InChI=1S/C13H14ClFN4OS/c1-8(2)19-7-16-18-13(19)21-6-12(20)17-11-4-3-9(14)5-10(11)15/h3-5,7-8H,6H2,1-2H3,(H,17,20). The van der Waals surface area contributed by atoms with Crippen molar-refractivity contribution in [2.75, 3.05) is 11.1 Å². The van der Waals surface area contributed by atoms with Gasteiger partial charge in [-0.2, -0.15) is 0 Å². The van der Waals surface area contributed by atoms with E-state index in [1.165, 1.54) is 23.9 Å². The van der Waals surface area contributed by atoms with Gasteiger partial charge in [0.05, 0.1) is 11.4 Å². The van der Waals surface area contributed by atoms with Crippen molar-refractivity contribution in [1.29, 1.82) is 0 Å². The molecule has 0 aliphatic rings. The van der Waals surface area contributed by atoms with Crippen molar-refractivity contribution in [1.82, 2.24) is 14.8 Å². The molecular formula is C13H14ClFN4OS. The first-order chi connectivity index (χ1) is 9.97. The average molecular weight is 329 g/mol. The third-order valence-electron chi connectivity index (χ3n) is 2.63. The first-order valence-corrected chi connectivity index (χ1v) is 7.61. The molecule has 2 rings (SSSR count). The monoisotopic (exact) mass is 328 g/mol. The van der Waals surface area contributed by atoms with Gasteiger partial charge in [0.2, 0.25) is 5.91 Å². The van der Waals surface area contributed by atoms with Gasteiger partial charge in [-0.25, -0.2) is 4.39 Å². The second-order valence-corrected chi connectivity index (χ2v) is 5.95. The van der Waals surface area contributed by atoms with Crippen LogP contribution in [0.5, 0.6) is 0 Å². The highest BCUT2D eigenvalue weighted by Crippen LogP contribution is 2.21. The summed E-state index contributed by atoms with van der Waals surface area (Å²) in [4.78, 5) is 11.8. The number of halogens is 2. The Morgan fingerprint density at radius 1 is 1.52 bits per heavy atom. The molecular weight excluding hydrogens is 315 g/mol. The summed E-state index contributed by atoms with van der Waals surface area (Å²) in [6, 6.07) is 4.30. The summed E-state index contributed by atoms with van der Waals surface area (Å²) >= 11 is 6.90. The Morgan fingerprint density at radius 2 is 2.29 bits per heavy atom. The maximum absolute atomic E-state index is 13.6. The fraction of sp³-hybridized carbons (Fsp3) is 0.308. The quantitative estimate of drug-likeness (QED) is 0.855. The normalized spacial score (nSPS) is 10.9. The number of carbonyl (C=O) groups is 1. The van der Waals surface area contributed by atoms with Crippen molar-refractivity contribution in [2.24, 2.45) is 0 Å². The first-order valence-electron chi connectivity index (χ1n) is 6.24. The Kier molecular flexibility index (Phi) is 5.19. The number of nitrogens with one attached hydrogen (secondary N) is 1. The van der Waals surface area contributed by atoms with Gasteiger partial charge in [0.25, 0.3) is 0 Å². The molecule has 0 fully saturated rings. The number of nitrogens with zero attached hydrogens (tertiary/aromatic N) is 3. The molecule has 1 amide bonds. The number of hydrogen-bond donors (Lipinski definition) is 1. The van der Waals surface area contributed by atoms with Crippen LogP contribution in [0.4, 0.5) is 10.1 Å². The Morgan fingerprint density at radius 3 is 2.95 bits per heavy atom. The summed E-state index contributed by atoms with van der Waals surface area (Å²) in [6.07, 6.45) is 1.61. The van der Waals surface area contributed by atoms with Crippen LogP contribution in [-0.2, 0) is 4.79 Å². The minimum Gasteiger partial charge on any atom is -0.323 e. The molecule has 5 nitrogen and oxygen atoms in total. The molecule has 8 heteroatoms. The van der Waals surface area contributed by atoms with E-state index in [1.807, 2.05) is 18.4 Å². The second-order valence-electron chi connectivity index (χ2n) is 4.58. The zero-order chi connectivity index (χ0) is 15.4. The molecule has 0 saturated carbocycles. The second kappa shape index (κ2) is 6.91. The number of amides is 1. The first kappa shape index (κ1) is 15.8. The van der Waals surface area contributed by atoms with Gasteiger partial charge in [-0.05, 0) is 32.0 Å². The van der Waals surface area contributed by atoms with Gasteiger partial charge in [-0.3, -0.25) is 4.79 Å². The molecule has 0 unspecified atom stereocenters.